The first-order chi connectivity index (χ1) is 8.43. The van der Waals surface area contributed by atoms with Gasteiger partial charge in [-0.1, -0.05) is 11.1 Å². The molecule has 1 N–H and O–H groups in total. The van der Waals surface area contributed by atoms with Crippen molar-refractivity contribution >= 4 is 5.97 Å². The van der Waals surface area contributed by atoms with Crippen molar-refractivity contribution in [1.29, 1.82) is 0 Å². The zero-order valence-electron chi connectivity index (χ0n) is 11.0. The molecule has 0 unspecified atom stereocenters. The summed E-state index contributed by atoms with van der Waals surface area (Å²) in [6, 6.07) is 0. The van der Waals surface area contributed by atoms with Gasteiger partial charge >= 0.3 is 5.97 Å². The maximum atomic E-state index is 11.6. The van der Waals surface area contributed by atoms with Crippen LogP contribution in [0.4, 0.5) is 0 Å². The maximum Gasteiger partial charge on any atom is 0.339 e. The van der Waals surface area contributed by atoms with Crippen molar-refractivity contribution in [3.8, 4) is 0 Å². The number of allylic oxidation sites excluding steroid dienone is 2. The number of aliphatic hydroxyl groups excluding tert-OH is 1. The summed E-state index contributed by atoms with van der Waals surface area (Å²) >= 11 is 0. The molecule has 1 aliphatic heterocycles. The van der Waals surface area contributed by atoms with Crippen LogP contribution in [0.3, 0.4) is 0 Å². The Kier molecular flexibility index (Phi) is 2.33. The number of carbonyl (C=O) groups excluding carboxylic acids is 1. The Bertz CT molecular complexity index is 536. The van der Waals surface area contributed by atoms with Crippen LogP contribution < -0.4 is 0 Å². The first kappa shape index (κ1) is 11.7. The van der Waals surface area contributed by atoms with Crippen molar-refractivity contribution in [3.63, 3.8) is 0 Å². The number of hydrogen-bond donors (Lipinski definition) is 1. The quantitative estimate of drug-likeness (QED) is 0.528. The monoisotopic (exact) mass is 246 g/mol. The van der Waals surface area contributed by atoms with Crippen LogP contribution in [0.5, 0.6) is 0 Å². The lowest BCUT2D eigenvalue weighted by Crippen LogP contribution is -2.38. The SMILES string of the molecule is CC1=C2CC3=C(C)C(=O)OC3=C[C@@]2(C)[C@H](O)CC1. The molecule has 2 aliphatic carbocycles. The molecule has 0 fully saturated rings. The average Bonchev–Trinajstić information content (AvgIpc) is 2.58. The fourth-order valence-corrected chi connectivity index (χ4v) is 3.32. The molecule has 0 spiro atoms. The highest BCUT2D eigenvalue weighted by atomic mass is 16.5. The summed E-state index contributed by atoms with van der Waals surface area (Å²) < 4.78 is 5.29. The summed E-state index contributed by atoms with van der Waals surface area (Å²) in [6.45, 7) is 5.99. The van der Waals surface area contributed by atoms with Gasteiger partial charge in [-0.05, 0) is 46.1 Å². The smallest absolute Gasteiger partial charge is 0.339 e. The largest absolute Gasteiger partial charge is 0.423 e. The van der Waals surface area contributed by atoms with Gasteiger partial charge in [-0.25, -0.2) is 4.79 Å². The molecule has 2 atom stereocenters. The van der Waals surface area contributed by atoms with Gasteiger partial charge in [0.05, 0.1) is 6.10 Å². The van der Waals surface area contributed by atoms with Crippen LogP contribution in [0.15, 0.2) is 34.1 Å². The predicted octanol–water partition coefficient (Wildman–Crippen LogP) is 2.62. The molecular weight excluding hydrogens is 228 g/mol. The van der Waals surface area contributed by atoms with Crippen LogP contribution >= 0.6 is 0 Å². The molecule has 0 aromatic carbocycles. The number of ether oxygens (including phenoxy) is 1. The van der Waals surface area contributed by atoms with E-state index in [-0.39, 0.29) is 17.5 Å². The van der Waals surface area contributed by atoms with Gasteiger partial charge in [-0.3, -0.25) is 0 Å². The van der Waals surface area contributed by atoms with E-state index in [0.29, 0.717) is 11.3 Å². The molecule has 18 heavy (non-hydrogen) atoms. The van der Waals surface area contributed by atoms with E-state index in [1.807, 2.05) is 19.9 Å². The lowest BCUT2D eigenvalue weighted by Gasteiger charge is -2.42. The van der Waals surface area contributed by atoms with E-state index in [1.54, 1.807) is 0 Å². The summed E-state index contributed by atoms with van der Waals surface area (Å²) in [5, 5.41) is 10.3. The van der Waals surface area contributed by atoms with E-state index in [4.69, 9.17) is 4.74 Å². The van der Waals surface area contributed by atoms with Gasteiger partial charge in [-0.15, -0.1) is 0 Å². The minimum atomic E-state index is -0.384. The van der Waals surface area contributed by atoms with Gasteiger partial charge in [0, 0.05) is 16.6 Å². The van der Waals surface area contributed by atoms with Crippen molar-refractivity contribution in [2.75, 3.05) is 0 Å². The summed E-state index contributed by atoms with van der Waals surface area (Å²) in [7, 11) is 0. The van der Waals surface area contributed by atoms with Crippen molar-refractivity contribution < 1.29 is 14.6 Å². The second-order valence-electron chi connectivity index (χ2n) is 5.77. The van der Waals surface area contributed by atoms with Gasteiger partial charge in [0.2, 0.25) is 0 Å². The Hall–Kier alpha value is -1.35. The topological polar surface area (TPSA) is 46.5 Å². The third-order valence-corrected chi connectivity index (χ3v) is 4.69. The van der Waals surface area contributed by atoms with E-state index in [0.717, 1.165) is 24.8 Å². The van der Waals surface area contributed by atoms with Crippen LogP contribution in [0, 0.1) is 5.41 Å². The molecule has 96 valence electrons. The van der Waals surface area contributed by atoms with Crippen molar-refractivity contribution in [3.05, 3.63) is 34.1 Å². The van der Waals surface area contributed by atoms with E-state index in [2.05, 4.69) is 6.92 Å². The number of rotatable bonds is 0. The summed E-state index contributed by atoms with van der Waals surface area (Å²) in [5.74, 6) is 0.420. The lowest BCUT2D eigenvalue weighted by molar-refractivity contribution is -0.133. The van der Waals surface area contributed by atoms with Crippen LogP contribution in [-0.4, -0.2) is 17.2 Å². The number of hydrogen-bond acceptors (Lipinski definition) is 3. The van der Waals surface area contributed by atoms with Crippen LogP contribution in [0.25, 0.3) is 0 Å². The highest BCUT2D eigenvalue weighted by Gasteiger charge is 2.45. The molecule has 3 rings (SSSR count). The highest BCUT2D eigenvalue weighted by molar-refractivity contribution is 5.94. The standard InChI is InChI=1S/C15H18O3/c1-8-4-5-13(16)15(3)7-12-10(6-11(8)15)9(2)14(17)18-12/h7,13,16H,4-6H2,1-3H3/t13-,15-/m1/s1. The Morgan fingerprint density at radius 2 is 2.17 bits per heavy atom. The molecule has 3 nitrogen and oxygen atoms in total. The Balaban J connectivity index is 2.19. The molecule has 1 heterocycles. The number of aliphatic hydroxyl groups is 1. The van der Waals surface area contributed by atoms with Crippen molar-refractivity contribution in [2.24, 2.45) is 5.41 Å². The molecule has 0 radical (unpaired) electrons. The second kappa shape index (κ2) is 3.58. The molecule has 3 aliphatic rings. The zero-order chi connectivity index (χ0) is 13.1. The van der Waals surface area contributed by atoms with Gasteiger partial charge in [-0.2, -0.15) is 0 Å². The fourth-order valence-electron chi connectivity index (χ4n) is 3.32. The molecular formula is C15H18O3. The molecule has 0 saturated heterocycles. The number of carbonyl (C=O) groups is 1. The Morgan fingerprint density at radius 3 is 2.89 bits per heavy atom. The Morgan fingerprint density at radius 1 is 1.44 bits per heavy atom. The van der Waals surface area contributed by atoms with Crippen molar-refractivity contribution in [2.45, 2.75) is 46.1 Å². The van der Waals surface area contributed by atoms with E-state index in [9.17, 15) is 9.90 Å². The molecule has 0 aromatic heterocycles. The zero-order valence-corrected chi connectivity index (χ0v) is 11.0. The van der Waals surface area contributed by atoms with E-state index < -0.39 is 0 Å². The lowest BCUT2D eigenvalue weighted by atomic mass is 9.64. The Labute approximate surface area is 107 Å². The second-order valence-corrected chi connectivity index (χ2v) is 5.77. The van der Waals surface area contributed by atoms with Crippen molar-refractivity contribution in [1.82, 2.24) is 0 Å². The average molecular weight is 246 g/mol. The minimum absolute atomic E-state index is 0.244. The summed E-state index contributed by atoms with van der Waals surface area (Å²) in [6.07, 6.45) is 4.02. The molecule has 3 heteroatoms. The highest BCUT2D eigenvalue weighted by Crippen LogP contribution is 2.51. The summed E-state index contributed by atoms with van der Waals surface area (Å²) in [4.78, 5) is 11.6. The van der Waals surface area contributed by atoms with E-state index >= 15 is 0 Å². The summed E-state index contributed by atoms with van der Waals surface area (Å²) in [5.41, 5.74) is 3.95. The van der Waals surface area contributed by atoms with Gasteiger partial charge < -0.3 is 9.84 Å². The molecule has 0 saturated carbocycles. The normalized spacial score (nSPS) is 35.2. The van der Waals surface area contributed by atoms with E-state index in [1.165, 1.54) is 11.1 Å². The van der Waals surface area contributed by atoms with Crippen LogP contribution in [-0.2, 0) is 9.53 Å². The van der Waals surface area contributed by atoms with Crippen LogP contribution in [0.1, 0.15) is 40.0 Å². The predicted molar refractivity (Wildman–Crippen MR) is 67.5 cm³/mol. The molecule has 0 amide bonds. The molecule has 0 bridgehead atoms. The number of esters is 1. The third kappa shape index (κ3) is 1.37. The fraction of sp³-hybridized carbons (Fsp3) is 0.533. The van der Waals surface area contributed by atoms with Gasteiger partial charge in [0.1, 0.15) is 5.76 Å². The molecule has 0 aromatic rings. The minimum Gasteiger partial charge on any atom is -0.423 e. The van der Waals surface area contributed by atoms with Crippen LogP contribution in [0.2, 0.25) is 0 Å². The first-order valence-corrected chi connectivity index (χ1v) is 6.46. The number of fused-ring (bicyclic) bond motifs is 2. The third-order valence-electron chi connectivity index (χ3n) is 4.69. The van der Waals surface area contributed by atoms with Gasteiger partial charge in [0.25, 0.3) is 0 Å². The van der Waals surface area contributed by atoms with Gasteiger partial charge in [0.15, 0.2) is 0 Å². The first-order valence-electron chi connectivity index (χ1n) is 6.46. The maximum absolute atomic E-state index is 11.6.